The number of nitrogens with one attached hydrogen (secondary N) is 2. The molecule has 4 nitrogen and oxygen atoms in total. The highest BCUT2D eigenvalue weighted by atomic mass is 79.9. The molecule has 144 valence electrons. The second-order valence-corrected chi connectivity index (χ2v) is 7.26. The molecule has 1 aliphatic carbocycles. The van der Waals surface area contributed by atoms with Gasteiger partial charge < -0.3 is 10.6 Å². The highest BCUT2D eigenvalue weighted by Gasteiger charge is 2.20. The SMILES string of the molecule is Cc1cc(Br)ccc1NC(=O)c1cccc(C(=O)NC2=CC=C(F)CC2)c1F. The minimum absolute atomic E-state index is 0.184. The molecule has 2 aromatic rings. The second kappa shape index (κ2) is 8.48. The summed E-state index contributed by atoms with van der Waals surface area (Å²) < 4.78 is 28.7. The molecule has 2 amide bonds. The number of hydrogen-bond acceptors (Lipinski definition) is 2. The molecule has 2 N–H and O–H groups in total. The van der Waals surface area contributed by atoms with Crippen molar-refractivity contribution < 1.29 is 18.4 Å². The molecule has 3 rings (SSSR count). The van der Waals surface area contributed by atoms with Crippen LogP contribution in [0.25, 0.3) is 0 Å². The average Bonchev–Trinajstić information content (AvgIpc) is 2.66. The molecule has 0 heterocycles. The van der Waals surface area contributed by atoms with Crippen molar-refractivity contribution in [1.82, 2.24) is 5.32 Å². The van der Waals surface area contributed by atoms with Gasteiger partial charge in [-0.05, 0) is 61.4 Å². The van der Waals surface area contributed by atoms with E-state index in [4.69, 9.17) is 0 Å². The van der Waals surface area contributed by atoms with E-state index in [1.165, 1.54) is 30.4 Å². The van der Waals surface area contributed by atoms with Crippen molar-refractivity contribution in [2.24, 2.45) is 0 Å². The molecule has 0 radical (unpaired) electrons. The number of benzene rings is 2. The molecule has 0 atom stereocenters. The van der Waals surface area contributed by atoms with Crippen molar-refractivity contribution in [3.63, 3.8) is 0 Å². The Balaban J connectivity index is 1.80. The summed E-state index contributed by atoms with van der Waals surface area (Å²) in [6, 6.07) is 9.34. The number of allylic oxidation sites excluding steroid dienone is 4. The van der Waals surface area contributed by atoms with Gasteiger partial charge in [0, 0.05) is 22.3 Å². The van der Waals surface area contributed by atoms with Gasteiger partial charge >= 0.3 is 0 Å². The summed E-state index contributed by atoms with van der Waals surface area (Å²) >= 11 is 3.34. The summed E-state index contributed by atoms with van der Waals surface area (Å²) in [6.07, 6.45) is 3.21. The van der Waals surface area contributed by atoms with E-state index in [9.17, 15) is 18.4 Å². The number of hydrogen-bond donors (Lipinski definition) is 2. The minimum Gasteiger partial charge on any atom is -0.326 e. The summed E-state index contributed by atoms with van der Waals surface area (Å²) in [5, 5.41) is 5.22. The minimum atomic E-state index is -0.912. The third-order valence-corrected chi connectivity index (χ3v) is 4.79. The molecule has 0 fully saturated rings. The maximum absolute atomic E-state index is 14.8. The zero-order valence-electron chi connectivity index (χ0n) is 15.0. The maximum atomic E-state index is 14.8. The first kappa shape index (κ1) is 19.9. The Labute approximate surface area is 169 Å². The molecular weight excluding hydrogens is 430 g/mol. The zero-order chi connectivity index (χ0) is 20.3. The quantitative estimate of drug-likeness (QED) is 0.659. The fraction of sp³-hybridized carbons (Fsp3) is 0.143. The Morgan fingerprint density at radius 3 is 2.25 bits per heavy atom. The van der Waals surface area contributed by atoms with Crippen LogP contribution in [0.2, 0.25) is 0 Å². The van der Waals surface area contributed by atoms with Gasteiger partial charge in [0.05, 0.1) is 11.1 Å². The van der Waals surface area contributed by atoms with E-state index in [1.54, 1.807) is 12.1 Å². The number of rotatable bonds is 4. The summed E-state index contributed by atoms with van der Waals surface area (Å²) in [6.45, 7) is 1.82. The number of carbonyl (C=O) groups excluding carboxylic acids is 2. The van der Waals surface area contributed by atoms with Crippen molar-refractivity contribution in [2.45, 2.75) is 19.8 Å². The van der Waals surface area contributed by atoms with E-state index < -0.39 is 17.6 Å². The summed E-state index contributed by atoms with van der Waals surface area (Å²) in [4.78, 5) is 24.9. The molecule has 0 bridgehead atoms. The van der Waals surface area contributed by atoms with Crippen molar-refractivity contribution in [3.05, 3.63) is 87.1 Å². The first-order chi connectivity index (χ1) is 13.3. The Bertz CT molecular complexity index is 1020. The van der Waals surface area contributed by atoms with E-state index in [1.807, 2.05) is 13.0 Å². The van der Waals surface area contributed by atoms with Gasteiger partial charge in [-0.3, -0.25) is 9.59 Å². The third kappa shape index (κ3) is 4.54. The van der Waals surface area contributed by atoms with Crippen LogP contribution in [-0.2, 0) is 0 Å². The lowest BCUT2D eigenvalue weighted by atomic mass is 10.1. The largest absolute Gasteiger partial charge is 0.326 e. The summed E-state index contributed by atoms with van der Waals surface area (Å²) in [5.41, 5.74) is 1.35. The third-order valence-electron chi connectivity index (χ3n) is 4.30. The molecule has 0 spiro atoms. The average molecular weight is 447 g/mol. The molecule has 0 saturated heterocycles. The van der Waals surface area contributed by atoms with Crippen LogP contribution in [0.15, 0.2) is 64.5 Å². The molecular formula is C21H17BrF2N2O2. The zero-order valence-corrected chi connectivity index (χ0v) is 16.6. The van der Waals surface area contributed by atoms with Gasteiger partial charge in [-0.2, -0.15) is 0 Å². The van der Waals surface area contributed by atoms with Gasteiger partial charge in [0.2, 0.25) is 0 Å². The van der Waals surface area contributed by atoms with Crippen molar-refractivity contribution in [3.8, 4) is 0 Å². The first-order valence-corrected chi connectivity index (χ1v) is 9.37. The van der Waals surface area contributed by atoms with E-state index in [2.05, 4.69) is 26.6 Å². The van der Waals surface area contributed by atoms with E-state index in [0.29, 0.717) is 17.8 Å². The van der Waals surface area contributed by atoms with Crippen LogP contribution in [0.3, 0.4) is 0 Å². The highest BCUT2D eigenvalue weighted by molar-refractivity contribution is 9.10. The smallest absolute Gasteiger partial charge is 0.258 e. The molecule has 0 aromatic heterocycles. The van der Waals surface area contributed by atoms with Gasteiger partial charge in [0.25, 0.3) is 11.8 Å². The fourth-order valence-electron chi connectivity index (χ4n) is 2.77. The normalized spacial score (nSPS) is 13.4. The molecule has 2 aromatic carbocycles. The number of carbonyl (C=O) groups is 2. The van der Waals surface area contributed by atoms with Gasteiger partial charge in [-0.1, -0.05) is 22.0 Å². The fourth-order valence-corrected chi connectivity index (χ4v) is 3.24. The van der Waals surface area contributed by atoms with Crippen LogP contribution in [-0.4, -0.2) is 11.8 Å². The second-order valence-electron chi connectivity index (χ2n) is 6.34. The standard InChI is InChI=1S/C21H17BrF2N2O2/c1-12-11-13(22)5-10-18(12)26-21(28)17-4-2-3-16(19(17)24)20(27)25-15-8-6-14(23)7-9-15/h2-6,8,10-11H,7,9H2,1H3,(H,25,27)(H,26,28). The topological polar surface area (TPSA) is 58.2 Å². The predicted molar refractivity (Wildman–Crippen MR) is 107 cm³/mol. The maximum Gasteiger partial charge on any atom is 0.258 e. The Hall–Kier alpha value is -2.80. The summed E-state index contributed by atoms with van der Waals surface area (Å²) in [7, 11) is 0. The van der Waals surface area contributed by atoms with Crippen molar-refractivity contribution >= 4 is 33.4 Å². The number of aryl methyl sites for hydroxylation is 1. The van der Waals surface area contributed by atoms with Gasteiger partial charge in [0.1, 0.15) is 11.6 Å². The van der Waals surface area contributed by atoms with E-state index in [-0.39, 0.29) is 23.4 Å². The van der Waals surface area contributed by atoms with Crippen molar-refractivity contribution in [1.29, 1.82) is 0 Å². The van der Waals surface area contributed by atoms with E-state index in [0.717, 1.165) is 10.0 Å². The van der Waals surface area contributed by atoms with Crippen molar-refractivity contribution in [2.75, 3.05) is 5.32 Å². The molecule has 0 saturated carbocycles. The monoisotopic (exact) mass is 446 g/mol. The van der Waals surface area contributed by atoms with Crippen LogP contribution in [0, 0.1) is 12.7 Å². The molecule has 28 heavy (non-hydrogen) atoms. The van der Waals surface area contributed by atoms with Crippen LogP contribution in [0.4, 0.5) is 14.5 Å². The van der Waals surface area contributed by atoms with Crippen LogP contribution in [0.1, 0.15) is 39.1 Å². The Kier molecular flexibility index (Phi) is 6.04. The van der Waals surface area contributed by atoms with Gasteiger partial charge in [-0.15, -0.1) is 0 Å². The van der Waals surface area contributed by atoms with Gasteiger partial charge in [-0.25, -0.2) is 8.78 Å². The van der Waals surface area contributed by atoms with Crippen LogP contribution < -0.4 is 10.6 Å². The number of halogens is 3. The lowest BCUT2D eigenvalue weighted by Crippen LogP contribution is -2.25. The number of anilines is 1. The Morgan fingerprint density at radius 1 is 0.964 bits per heavy atom. The molecule has 1 aliphatic rings. The molecule has 7 heteroatoms. The van der Waals surface area contributed by atoms with E-state index >= 15 is 0 Å². The lowest BCUT2D eigenvalue weighted by Gasteiger charge is -2.14. The highest BCUT2D eigenvalue weighted by Crippen LogP contribution is 2.22. The molecule has 0 aliphatic heterocycles. The van der Waals surface area contributed by atoms with Crippen LogP contribution >= 0.6 is 15.9 Å². The summed E-state index contributed by atoms with van der Waals surface area (Å²) in [5.74, 6) is -2.52. The van der Waals surface area contributed by atoms with Gasteiger partial charge in [0.15, 0.2) is 0 Å². The Morgan fingerprint density at radius 2 is 1.64 bits per heavy atom. The van der Waals surface area contributed by atoms with Crippen LogP contribution in [0.5, 0.6) is 0 Å². The number of amides is 2. The molecule has 0 unspecified atom stereocenters. The predicted octanol–water partition coefficient (Wildman–Crippen LogP) is 5.41. The first-order valence-electron chi connectivity index (χ1n) is 8.58. The lowest BCUT2D eigenvalue weighted by molar-refractivity contribution is 0.0960.